The Kier molecular flexibility index (Phi) is 4.08. The quantitative estimate of drug-likeness (QED) is 0.902. The van der Waals surface area contributed by atoms with E-state index in [0.29, 0.717) is 30.5 Å². The largest absolute Gasteiger partial charge is 0.505 e. The number of carbonyl (C=O) groups excluding carboxylic acids is 1. The summed E-state index contributed by atoms with van der Waals surface area (Å²) in [5.41, 5.74) is 0.677. The van der Waals surface area contributed by atoms with Gasteiger partial charge >= 0.3 is 0 Å². The molecular weight excluding hydrogens is 285 g/mol. The molecule has 3 rings (SSSR count). The van der Waals surface area contributed by atoms with Gasteiger partial charge in [-0.1, -0.05) is 6.07 Å². The highest BCUT2D eigenvalue weighted by molar-refractivity contribution is 5.99. The van der Waals surface area contributed by atoms with Crippen molar-refractivity contribution in [3.63, 3.8) is 0 Å². The number of hydrogen-bond acceptors (Lipinski definition) is 3. The van der Waals surface area contributed by atoms with Gasteiger partial charge in [0, 0.05) is 13.1 Å². The van der Waals surface area contributed by atoms with Crippen molar-refractivity contribution < 1.29 is 19.4 Å². The third-order valence-corrected chi connectivity index (χ3v) is 5.12. The van der Waals surface area contributed by atoms with E-state index in [1.54, 1.807) is 11.0 Å². The van der Waals surface area contributed by atoms with Crippen LogP contribution in [0.3, 0.4) is 0 Å². The minimum atomic E-state index is -0.803. The number of fused-ring (bicyclic) bond motifs is 1. The summed E-state index contributed by atoms with van der Waals surface area (Å²) in [5, 5.41) is 19.1. The number of hydrogen-bond donors (Lipinski definition) is 2. The van der Waals surface area contributed by atoms with Gasteiger partial charge in [-0.15, -0.1) is 0 Å². The second kappa shape index (κ2) is 5.88. The van der Waals surface area contributed by atoms with Gasteiger partial charge in [0.1, 0.15) is 0 Å². The van der Waals surface area contributed by atoms with Crippen LogP contribution in [0, 0.1) is 17.7 Å². The van der Waals surface area contributed by atoms with Crippen molar-refractivity contribution in [1.82, 2.24) is 4.90 Å². The molecule has 1 aromatic carbocycles. The van der Waals surface area contributed by atoms with Crippen LogP contribution >= 0.6 is 0 Å². The van der Waals surface area contributed by atoms with E-state index in [9.17, 15) is 19.4 Å². The molecule has 0 aromatic heterocycles. The maximum atomic E-state index is 13.9. The Bertz CT molecular complexity index is 580. The van der Waals surface area contributed by atoms with Crippen LogP contribution in [0.4, 0.5) is 4.39 Å². The molecule has 2 aliphatic rings. The van der Waals surface area contributed by atoms with Crippen LogP contribution in [0.25, 0.3) is 0 Å². The number of halogens is 1. The molecule has 0 radical (unpaired) electrons. The minimum absolute atomic E-state index is 0.0256. The second-order valence-corrected chi connectivity index (χ2v) is 6.64. The topological polar surface area (TPSA) is 60.8 Å². The van der Waals surface area contributed by atoms with Gasteiger partial charge in [-0.05, 0) is 56.1 Å². The summed E-state index contributed by atoms with van der Waals surface area (Å²) in [7, 11) is 0. The maximum absolute atomic E-state index is 13.9. The number of aromatic hydroxyl groups is 1. The number of rotatable bonds is 3. The van der Waals surface area contributed by atoms with Gasteiger partial charge < -0.3 is 15.1 Å². The number of phenols is 1. The predicted molar refractivity (Wildman–Crippen MR) is 79.9 cm³/mol. The van der Waals surface area contributed by atoms with E-state index in [0.717, 1.165) is 25.7 Å². The lowest BCUT2D eigenvalue weighted by Gasteiger charge is -2.32. The summed E-state index contributed by atoms with van der Waals surface area (Å²) < 4.78 is 13.9. The molecule has 0 saturated heterocycles. The SMILES string of the molecule is CC(O)[C@H]1CC[C@H](CN2Cc3ccc(O)c(F)c3C2=O)CC1. The van der Waals surface area contributed by atoms with Crippen molar-refractivity contribution in [2.45, 2.75) is 45.3 Å². The number of benzene rings is 1. The van der Waals surface area contributed by atoms with Crippen LogP contribution < -0.4 is 0 Å². The maximum Gasteiger partial charge on any atom is 0.257 e. The number of aliphatic hydroxyl groups is 1. The molecule has 5 heteroatoms. The first-order valence-corrected chi connectivity index (χ1v) is 7.95. The molecule has 1 unspecified atom stereocenters. The molecule has 1 fully saturated rings. The Labute approximate surface area is 129 Å². The zero-order valence-electron chi connectivity index (χ0n) is 12.8. The molecule has 2 N–H and O–H groups in total. The number of phenolic OH excluding ortho intramolecular Hbond substituents is 1. The van der Waals surface area contributed by atoms with Crippen LogP contribution in [0.15, 0.2) is 12.1 Å². The van der Waals surface area contributed by atoms with Crippen LogP contribution in [0.1, 0.15) is 48.5 Å². The van der Waals surface area contributed by atoms with E-state index >= 15 is 0 Å². The van der Waals surface area contributed by atoms with Gasteiger partial charge in [0.15, 0.2) is 11.6 Å². The standard InChI is InChI=1S/C17H22FNO3/c1-10(20)12-4-2-11(3-5-12)8-19-9-13-6-7-14(21)16(18)15(13)17(19)22/h6-7,10-12,20-21H,2-5,8-9H2,1H3/t10?,11-,12-. The highest BCUT2D eigenvalue weighted by Crippen LogP contribution is 2.34. The van der Waals surface area contributed by atoms with Crippen molar-refractivity contribution in [2.75, 3.05) is 6.54 Å². The summed E-state index contributed by atoms with van der Waals surface area (Å²) in [6.07, 6.45) is 3.67. The normalized spacial score (nSPS) is 26.1. The van der Waals surface area contributed by atoms with Crippen molar-refractivity contribution in [3.05, 3.63) is 29.1 Å². The minimum Gasteiger partial charge on any atom is -0.505 e. The molecule has 1 atom stereocenters. The number of aliphatic hydroxyl groups excluding tert-OH is 1. The highest BCUT2D eigenvalue weighted by atomic mass is 19.1. The number of nitrogens with zero attached hydrogens (tertiary/aromatic N) is 1. The second-order valence-electron chi connectivity index (χ2n) is 6.64. The third kappa shape index (κ3) is 2.70. The Morgan fingerprint density at radius 3 is 2.64 bits per heavy atom. The Balaban J connectivity index is 1.64. The molecule has 120 valence electrons. The van der Waals surface area contributed by atoms with Crippen LogP contribution in [-0.2, 0) is 6.54 Å². The van der Waals surface area contributed by atoms with E-state index in [-0.39, 0.29) is 17.6 Å². The fourth-order valence-corrected chi connectivity index (χ4v) is 3.72. The number of amides is 1. The first-order chi connectivity index (χ1) is 10.5. The van der Waals surface area contributed by atoms with Crippen molar-refractivity contribution >= 4 is 5.91 Å². The van der Waals surface area contributed by atoms with Crippen molar-refractivity contribution in [3.8, 4) is 5.75 Å². The molecule has 1 aliphatic carbocycles. The van der Waals surface area contributed by atoms with E-state index in [1.807, 2.05) is 6.92 Å². The monoisotopic (exact) mass is 307 g/mol. The molecule has 1 saturated carbocycles. The molecule has 0 spiro atoms. The third-order valence-electron chi connectivity index (χ3n) is 5.12. The molecule has 1 aliphatic heterocycles. The molecule has 1 amide bonds. The highest BCUT2D eigenvalue weighted by Gasteiger charge is 2.34. The van der Waals surface area contributed by atoms with E-state index in [4.69, 9.17) is 0 Å². The van der Waals surface area contributed by atoms with Gasteiger partial charge in [0.05, 0.1) is 11.7 Å². The predicted octanol–water partition coefficient (Wildman–Crippen LogP) is 2.67. The van der Waals surface area contributed by atoms with E-state index < -0.39 is 11.6 Å². The summed E-state index contributed by atoms with van der Waals surface area (Å²) in [6, 6.07) is 2.93. The summed E-state index contributed by atoms with van der Waals surface area (Å²) in [6.45, 7) is 2.88. The average molecular weight is 307 g/mol. The van der Waals surface area contributed by atoms with E-state index in [1.165, 1.54) is 6.07 Å². The van der Waals surface area contributed by atoms with Crippen LogP contribution in [0.5, 0.6) is 5.75 Å². The van der Waals surface area contributed by atoms with Gasteiger partial charge in [0.25, 0.3) is 5.91 Å². The van der Waals surface area contributed by atoms with E-state index in [2.05, 4.69) is 0 Å². The van der Waals surface area contributed by atoms with Gasteiger partial charge in [-0.3, -0.25) is 4.79 Å². The first-order valence-electron chi connectivity index (χ1n) is 7.95. The molecule has 22 heavy (non-hydrogen) atoms. The Morgan fingerprint density at radius 2 is 2.00 bits per heavy atom. The summed E-state index contributed by atoms with van der Waals surface area (Å²) >= 11 is 0. The van der Waals surface area contributed by atoms with Crippen LogP contribution in [0.2, 0.25) is 0 Å². The van der Waals surface area contributed by atoms with Crippen molar-refractivity contribution in [1.29, 1.82) is 0 Å². The molecule has 0 bridgehead atoms. The average Bonchev–Trinajstić information content (AvgIpc) is 2.81. The zero-order chi connectivity index (χ0) is 15.9. The molecule has 1 heterocycles. The first kappa shape index (κ1) is 15.3. The smallest absolute Gasteiger partial charge is 0.257 e. The molecule has 1 aromatic rings. The summed E-state index contributed by atoms with van der Waals surface area (Å²) in [4.78, 5) is 14.0. The Morgan fingerprint density at radius 1 is 1.32 bits per heavy atom. The molecule has 4 nitrogen and oxygen atoms in total. The van der Waals surface area contributed by atoms with Crippen molar-refractivity contribution in [2.24, 2.45) is 11.8 Å². The lowest BCUT2D eigenvalue weighted by Crippen LogP contribution is -2.33. The van der Waals surface area contributed by atoms with Gasteiger partial charge in [0.2, 0.25) is 0 Å². The zero-order valence-corrected chi connectivity index (χ0v) is 12.8. The number of carbonyl (C=O) groups is 1. The lowest BCUT2D eigenvalue weighted by atomic mass is 9.79. The van der Waals surface area contributed by atoms with Crippen LogP contribution in [-0.4, -0.2) is 33.7 Å². The van der Waals surface area contributed by atoms with Gasteiger partial charge in [-0.2, -0.15) is 0 Å². The van der Waals surface area contributed by atoms with Gasteiger partial charge in [-0.25, -0.2) is 4.39 Å². The fourth-order valence-electron chi connectivity index (χ4n) is 3.72. The fraction of sp³-hybridized carbons (Fsp3) is 0.588. The molecular formula is C17H22FNO3. The summed E-state index contributed by atoms with van der Waals surface area (Å²) in [5.74, 6) is -0.822. The lowest BCUT2D eigenvalue weighted by molar-refractivity contribution is 0.0645. The Hall–Kier alpha value is -1.62.